The van der Waals surface area contributed by atoms with E-state index in [1.807, 2.05) is 128 Å². The first-order valence-electron chi connectivity index (χ1n) is 36.2. The van der Waals surface area contributed by atoms with Crippen molar-refractivity contribution in [2.24, 2.45) is 11.8 Å². The smallest absolute Gasteiger partial charge is 0.400 e. The average molecular weight is 1790 g/mol. The van der Waals surface area contributed by atoms with Crippen molar-refractivity contribution in [2.75, 3.05) is 14.2 Å². The van der Waals surface area contributed by atoms with Gasteiger partial charge in [0.05, 0.1) is 21.8 Å². The van der Waals surface area contributed by atoms with Crippen LogP contribution in [-0.2, 0) is 63.1 Å². The molecule has 12 rings (SSSR count). The van der Waals surface area contributed by atoms with Gasteiger partial charge in [-0.25, -0.2) is 0 Å². The molecule has 2 fully saturated rings. The van der Waals surface area contributed by atoms with Crippen molar-refractivity contribution in [1.29, 1.82) is 0 Å². The zero-order valence-electron chi connectivity index (χ0n) is 65.2. The normalized spacial score (nSPS) is 13.7. The van der Waals surface area contributed by atoms with Crippen LogP contribution in [0.5, 0.6) is 0 Å². The van der Waals surface area contributed by atoms with Crippen molar-refractivity contribution in [3.8, 4) is 67.3 Å². The number of alkyl halides is 3. The Morgan fingerprint density at radius 2 is 0.775 bits per heavy atom. The number of hydrogen-bond acceptors (Lipinski definition) is 8. The first kappa shape index (κ1) is 81.0. The summed E-state index contributed by atoms with van der Waals surface area (Å²) >= 11 is 0. The van der Waals surface area contributed by atoms with E-state index in [4.69, 9.17) is 28.7 Å². The Hall–Kier alpha value is -6.73. The molecular formula is C85H102F3Ir2N4O5SSi2-3. The second kappa shape index (κ2) is 42.3. The maximum Gasteiger partial charge on any atom is 0.522 e. The van der Waals surface area contributed by atoms with Crippen molar-refractivity contribution in [3.05, 3.63) is 252 Å². The van der Waals surface area contributed by atoms with Crippen LogP contribution in [-0.4, -0.2) is 79.0 Å². The number of halogens is 3. The number of rotatable bonds is 14. The summed E-state index contributed by atoms with van der Waals surface area (Å²) in [5.41, 5.74) is 14.0. The summed E-state index contributed by atoms with van der Waals surface area (Å²) in [5.74, 6) is 1.37. The summed E-state index contributed by atoms with van der Waals surface area (Å²) in [6.07, 6.45) is 13.8. The number of nitrogens with zero attached hydrogens (tertiary/aromatic N) is 4. The predicted octanol–water partition coefficient (Wildman–Crippen LogP) is 20.8. The molecule has 17 heteroatoms. The van der Waals surface area contributed by atoms with Crippen LogP contribution in [0.1, 0.15) is 130 Å². The SMILES string of the molecule is CO.CO.Cc1cnc(-c2[c-]cccc2)cc1-c1ccc(C(C)C)cc1.Cc1cnc(-c2ccccc2)cc1-c1ccc(C(C)C)cc1.O=S(=O)(O)C(F)(F)F.[2H]C([2H])(c1cc(-c2[c-]cccc2)ncc1[Si](C)(C)C)C1CCCC1.[2H]C([2H])(c1cc(-c2[c-]cccc2)ncc1[Si](C)(C)C)C1CCCC1.[Ir].[Ir]. The van der Waals surface area contributed by atoms with E-state index in [1.54, 1.807) is 0 Å². The van der Waals surface area contributed by atoms with Crippen LogP contribution < -0.4 is 10.4 Å². The maximum atomic E-state index is 10.7. The molecule has 9 nitrogen and oxygen atoms in total. The molecule has 2 aliphatic rings. The van der Waals surface area contributed by atoms with Crippen molar-refractivity contribution in [3.63, 3.8) is 0 Å². The Balaban J connectivity index is 0.000000283. The number of benzene rings is 6. The van der Waals surface area contributed by atoms with Gasteiger partial charge in [0.2, 0.25) is 0 Å². The third-order valence-electron chi connectivity index (χ3n) is 17.2. The molecule has 10 aromatic rings. The third-order valence-corrected chi connectivity index (χ3v) is 21.8. The molecule has 2 radical (unpaired) electrons. The quantitative estimate of drug-likeness (QED) is 0.0419. The molecule has 0 amide bonds. The largest absolute Gasteiger partial charge is 0.522 e. The van der Waals surface area contributed by atoms with Crippen molar-refractivity contribution < 1.29 is 82.0 Å². The fourth-order valence-corrected chi connectivity index (χ4v) is 14.4. The van der Waals surface area contributed by atoms with Crippen molar-refractivity contribution in [1.82, 2.24) is 19.9 Å². The van der Waals surface area contributed by atoms with Gasteiger partial charge in [-0.05, 0) is 128 Å². The van der Waals surface area contributed by atoms with E-state index < -0.39 is 44.5 Å². The molecule has 0 saturated heterocycles. The Morgan fingerprint density at radius 1 is 0.471 bits per heavy atom. The second-order valence-corrected chi connectivity index (χ2v) is 38.9. The van der Waals surface area contributed by atoms with Crippen molar-refractivity contribution in [2.45, 2.75) is 162 Å². The van der Waals surface area contributed by atoms with E-state index in [2.05, 4.69) is 192 Å². The van der Waals surface area contributed by atoms with Gasteiger partial charge in [-0.3, -0.25) is 9.54 Å². The average Bonchev–Trinajstić information content (AvgIpc) is 0.841. The van der Waals surface area contributed by atoms with Crippen LogP contribution in [0.25, 0.3) is 67.3 Å². The summed E-state index contributed by atoms with van der Waals surface area (Å²) < 4.78 is 93.1. The topological polar surface area (TPSA) is 146 Å². The molecule has 3 N–H and O–H groups in total. The summed E-state index contributed by atoms with van der Waals surface area (Å²) in [5, 5.41) is 16.3. The van der Waals surface area contributed by atoms with Gasteiger partial charge in [0.25, 0.3) is 0 Å². The minimum atomic E-state index is -5.84. The van der Waals surface area contributed by atoms with Crippen LogP contribution in [0.2, 0.25) is 39.3 Å². The number of aromatic nitrogens is 4. The monoisotopic (exact) mass is 1790 g/mol. The number of aryl methyl sites for hydroxylation is 2. The Labute approximate surface area is 641 Å². The van der Waals surface area contributed by atoms with E-state index in [1.165, 1.54) is 44.5 Å². The minimum absolute atomic E-state index is 0. The fourth-order valence-electron chi connectivity index (χ4n) is 11.6. The number of pyridine rings is 4. The van der Waals surface area contributed by atoms with Gasteiger partial charge >= 0.3 is 15.6 Å². The molecule has 102 heavy (non-hydrogen) atoms. The van der Waals surface area contributed by atoms with Crippen LogP contribution in [0.4, 0.5) is 13.2 Å². The summed E-state index contributed by atoms with van der Waals surface area (Å²) in [6.45, 7) is 26.7. The molecule has 0 aliphatic heterocycles. The predicted molar refractivity (Wildman–Crippen MR) is 415 cm³/mol. The van der Waals surface area contributed by atoms with E-state index in [9.17, 15) is 13.2 Å². The van der Waals surface area contributed by atoms with Crippen molar-refractivity contribution >= 4 is 36.6 Å². The second-order valence-electron chi connectivity index (χ2n) is 27.4. The van der Waals surface area contributed by atoms with Gasteiger partial charge in [-0.15, -0.1) is 108 Å². The van der Waals surface area contributed by atoms with Gasteiger partial charge in [0.1, 0.15) is 0 Å². The molecule has 548 valence electrons. The van der Waals surface area contributed by atoms with Crippen LogP contribution >= 0.6 is 0 Å². The molecule has 6 aromatic carbocycles. The third kappa shape index (κ3) is 26.8. The first-order chi connectivity index (χ1) is 49.1. The summed E-state index contributed by atoms with van der Waals surface area (Å²) in [6, 6.07) is 69.6. The summed E-state index contributed by atoms with van der Waals surface area (Å²) in [7, 11) is -7.19. The van der Waals surface area contributed by atoms with Crippen LogP contribution in [0, 0.1) is 43.9 Å². The minimum Gasteiger partial charge on any atom is -0.400 e. The molecular weight excluding hydrogens is 1690 g/mol. The number of hydrogen-bond donors (Lipinski definition) is 3. The van der Waals surface area contributed by atoms with Crippen LogP contribution in [0.3, 0.4) is 0 Å². The Bertz CT molecular complexity index is 4140. The van der Waals surface area contributed by atoms with Gasteiger partial charge in [-0.1, -0.05) is 227 Å². The molecule has 2 aliphatic carbocycles. The zero-order valence-corrected chi connectivity index (χ0v) is 68.8. The Morgan fingerprint density at radius 3 is 1.08 bits per heavy atom. The molecule has 0 bridgehead atoms. The maximum absolute atomic E-state index is 10.7. The van der Waals surface area contributed by atoms with Gasteiger partial charge < -0.3 is 25.2 Å². The van der Waals surface area contributed by atoms with Gasteiger partial charge in [0.15, 0.2) is 0 Å². The number of aliphatic hydroxyl groups is 2. The standard InChI is InChI=1S/C21H21N.C21H20N.2C20H26NSi.CHF3O3S.2CH4O.2Ir/c2*1-15(2)17-9-11-18(12-10-17)20-13-21(22-14-16(20)3)19-7-5-4-6-8-19;2*1-22(2,3)20-15-21-19(17-11-5-4-6-12-17)14-18(20)13-16-9-7-8-10-16;2-1(3,4)8(5,6)7;2*1-2;;/h4-15H,1-3H3;4-7,9-15H,1-3H3;2*4-6,11,14-16H,7-10,13H2,1-3H3;(H,5,6,7);2*2H,1H3;;/q;3*-1;;;;;/i;;2*13D2;;;;;. The molecule has 0 spiro atoms. The van der Waals surface area contributed by atoms with E-state index in [0.29, 0.717) is 11.8 Å². The molecule has 0 atom stereocenters. The summed E-state index contributed by atoms with van der Waals surface area (Å²) in [4.78, 5) is 18.4. The first-order valence-corrected chi connectivity index (χ1v) is 42.6. The number of aliphatic hydroxyl groups excluding tert-OH is 2. The van der Waals surface area contributed by atoms with Gasteiger partial charge in [-0.2, -0.15) is 21.6 Å². The van der Waals surface area contributed by atoms with E-state index >= 15 is 0 Å². The zero-order chi connectivity index (χ0) is 76.8. The molecule has 2 saturated carbocycles. The van der Waals surface area contributed by atoms with Gasteiger partial charge in [0, 0.05) is 90.3 Å². The fraction of sp³-hybridized carbons (Fsp3) is 0.341. The molecule has 4 heterocycles. The van der Waals surface area contributed by atoms with Crippen LogP contribution in [0.15, 0.2) is 201 Å². The molecule has 0 unspecified atom stereocenters. The molecule has 4 aromatic heterocycles. The van der Waals surface area contributed by atoms with E-state index in [0.717, 1.165) is 132 Å². The van der Waals surface area contributed by atoms with E-state index in [-0.39, 0.29) is 52.0 Å². The Kier molecular flexibility index (Phi) is 33.6.